The first-order chi connectivity index (χ1) is 7.70. The lowest BCUT2D eigenvalue weighted by molar-refractivity contribution is 0.301. The zero-order chi connectivity index (χ0) is 13.2. The zero-order valence-corrected chi connectivity index (χ0v) is 12.0. The minimum absolute atomic E-state index is 0.0695. The van der Waals surface area contributed by atoms with Crippen molar-refractivity contribution >= 4 is 44.9 Å². The Kier molecular flexibility index (Phi) is 4.97. The number of nitrogens with zero attached hydrogens (tertiary/aromatic N) is 2. The van der Waals surface area contributed by atoms with Gasteiger partial charge in [-0.15, -0.1) is 0 Å². The van der Waals surface area contributed by atoms with Gasteiger partial charge in [0.15, 0.2) is 0 Å². The molecule has 1 atom stereocenters. The molecule has 1 aromatic heterocycles. The van der Waals surface area contributed by atoms with Crippen LogP contribution < -0.4 is 0 Å². The van der Waals surface area contributed by atoms with Gasteiger partial charge in [0.25, 0.3) is 10.1 Å². The largest absolute Gasteiger partial charge is 0.270 e. The third-order valence-corrected chi connectivity index (χ3v) is 3.16. The van der Waals surface area contributed by atoms with Gasteiger partial charge in [-0.25, -0.2) is 9.97 Å². The normalized spacial score (nSPS) is 13.7. The molecular weight excluding hydrogens is 311 g/mol. The van der Waals surface area contributed by atoms with E-state index >= 15 is 0 Å². The van der Waals surface area contributed by atoms with Gasteiger partial charge in [-0.2, -0.15) is 8.42 Å². The van der Waals surface area contributed by atoms with E-state index in [1.54, 1.807) is 6.92 Å². The quantitative estimate of drug-likeness (QED) is 0.484. The van der Waals surface area contributed by atoms with Gasteiger partial charge in [-0.05, 0) is 11.6 Å². The van der Waals surface area contributed by atoms with Gasteiger partial charge >= 0.3 is 0 Å². The van der Waals surface area contributed by atoms with Crippen molar-refractivity contribution in [3.8, 4) is 0 Å². The second-order valence-corrected chi connectivity index (χ2v) is 6.08. The third-order valence-electron chi connectivity index (χ3n) is 1.85. The van der Waals surface area contributed by atoms with E-state index in [9.17, 15) is 8.42 Å². The highest BCUT2D eigenvalue weighted by Crippen LogP contribution is 2.30. The lowest BCUT2D eigenvalue weighted by Gasteiger charge is -2.13. The summed E-state index contributed by atoms with van der Waals surface area (Å²) >= 11 is 17.3. The highest BCUT2D eigenvalue weighted by molar-refractivity contribution is 7.85. The van der Waals surface area contributed by atoms with Gasteiger partial charge in [0, 0.05) is 11.5 Å². The summed E-state index contributed by atoms with van der Waals surface area (Å²) in [5.41, 5.74) is 0.404. The number of rotatable bonds is 4. The standard InChI is InChI=1S/C8H9Cl3N2O3S/c1-4(3-16-17(2,14)15)5-6(9)12-8(11)13-7(5)10/h4H,3H2,1-2H3/t4-/m1/s1. The summed E-state index contributed by atoms with van der Waals surface area (Å²) in [7, 11) is -3.51. The molecule has 0 unspecified atom stereocenters. The second kappa shape index (κ2) is 5.67. The fraction of sp³-hybridized carbons (Fsp3) is 0.500. The fourth-order valence-electron chi connectivity index (χ4n) is 1.11. The van der Waals surface area contributed by atoms with Gasteiger partial charge < -0.3 is 0 Å². The SMILES string of the molecule is C[C@H](COS(C)(=O)=O)c1c(Cl)nc(Cl)nc1Cl. The molecule has 96 valence electrons. The summed E-state index contributed by atoms with van der Waals surface area (Å²) in [4.78, 5) is 7.46. The van der Waals surface area contributed by atoms with Crippen LogP contribution in [0.15, 0.2) is 0 Å². The minimum Gasteiger partial charge on any atom is -0.270 e. The molecule has 5 nitrogen and oxygen atoms in total. The molecular formula is C8H9Cl3N2O3S. The molecule has 1 heterocycles. The maximum atomic E-state index is 10.9. The van der Waals surface area contributed by atoms with Gasteiger partial charge in [-0.1, -0.05) is 30.1 Å². The Morgan fingerprint density at radius 2 is 1.71 bits per heavy atom. The van der Waals surface area contributed by atoms with Gasteiger partial charge in [0.1, 0.15) is 10.3 Å². The highest BCUT2D eigenvalue weighted by atomic mass is 35.5. The van der Waals surface area contributed by atoms with E-state index in [1.165, 1.54) is 0 Å². The summed E-state index contributed by atoms with van der Waals surface area (Å²) in [5, 5.41) is 0.0965. The van der Waals surface area contributed by atoms with E-state index in [0.29, 0.717) is 5.56 Å². The lowest BCUT2D eigenvalue weighted by Crippen LogP contribution is -2.11. The van der Waals surface area contributed by atoms with Crippen LogP contribution in [0.3, 0.4) is 0 Å². The molecule has 0 fully saturated rings. The Morgan fingerprint density at radius 1 is 1.24 bits per heavy atom. The molecule has 0 N–H and O–H groups in total. The van der Waals surface area contributed by atoms with Gasteiger partial charge in [-0.3, -0.25) is 4.18 Å². The first kappa shape index (κ1) is 14.9. The summed E-state index contributed by atoms with van der Waals surface area (Å²) < 4.78 is 26.4. The van der Waals surface area contributed by atoms with E-state index in [2.05, 4.69) is 14.2 Å². The predicted octanol–water partition coefficient (Wildman–Crippen LogP) is 2.52. The van der Waals surface area contributed by atoms with Crippen LogP contribution in [0.25, 0.3) is 0 Å². The monoisotopic (exact) mass is 318 g/mol. The molecule has 9 heteroatoms. The predicted molar refractivity (Wildman–Crippen MR) is 66.3 cm³/mol. The summed E-state index contributed by atoms with van der Waals surface area (Å²) in [6, 6.07) is 0. The Labute approximate surface area is 114 Å². The number of aromatic nitrogens is 2. The second-order valence-electron chi connectivity index (χ2n) is 3.38. The van der Waals surface area contributed by atoms with E-state index in [1.807, 2.05) is 0 Å². The number of halogens is 3. The van der Waals surface area contributed by atoms with Crippen molar-refractivity contribution in [3.05, 3.63) is 21.2 Å². The topological polar surface area (TPSA) is 69.2 Å². The molecule has 0 saturated carbocycles. The average molecular weight is 320 g/mol. The van der Waals surface area contributed by atoms with Crippen LogP contribution in [-0.4, -0.2) is 31.2 Å². The minimum atomic E-state index is -3.51. The fourth-order valence-corrected chi connectivity index (χ4v) is 2.58. The van der Waals surface area contributed by atoms with E-state index in [-0.39, 0.29) is 28.1 Å². The molecule has 0 bridgehead atoms. The van der Waals surface area contributed by atoms with Crippen LogP contribution in [0.4, 0.5) is 0 Å². The van der Waals surface area contributed by atoms with Crippen molar-refractivity contribution in [2.45, 2.75) is 12.8 Å². The molecule has 1 aromatic rings. The number of hydrogen-bond donors (Lipinski definition) is 0. The Balaban J connectivity index is 2.93. The number of hydrogen-bond acceptors (Lipinski definition) is 5. The smallest absolute Gasteiger partial charge is 0.264 e. The van der Waals surface area contributed by atoms with Crippen LogP contribution in [-0.2, 0) is 14.3 Å². The summed E-state index contributed by atoms with van der Waals surface area (Å²) in [6.45, 7) is 1.60. The third kappa shape index (κ3) is 4.56. The molecule has 0 aromatic carbocycles. The molecule has 0 radical (unpaired) electrons. The van der Waals surface area contributed by atoms with Crippen molar-refractivity contribution in [3.63, 3.8) is 0 Å². The molecule has 0 saturated heterocycles. The molecule has 0 aliphatic carbocycles. The van der Waals surface area contributed by atoms with Crippen LogP contribution in [0.5, 0.6) is 0 Å². The first-order valence-electron chi connectivity index (χ1n) is 4.43. The molecule has 0 amide bonds. The average Bonchev–Trinajstić information content (AvgIpc) is 2.11. The van der Waals surface area contributed by atoms with Crippen molar-refractivity contribution in [2.75, 3.05) is 12.9 Å². The molecule has 0 aliphatic rings. The Morgan fingerprint density at radius 3 is 2.12 bits per heavy atom. The summed E-state index contributed by atoms with van der Waals surface area (Å²) in [5.74, 6) is -0.373. The Hall–Kier alpha value is -0.140. The van der Waals surface area contributed by atoms with Crippen LogP contribution in [0, 0.1) is 0 Å². The first-order valence-corrected chi connectivity index (χ1v) is 7.38. The molecule has 0 spiro atoms. The molecule has 0 aliphatic heterocycles. The van der Waals surface area contributed by atoms with E-state index in [4.69, 9.17) is 34.8 Å². The van der Waals surface area contributed by atoms with Crippen molar-refractivity contribution in [2.24, 2.45) is 0 Å². The van der Waals surface area contributed by atoms with E-state index < -0.39 is 10.1 Å². The zero-order valence-electron chi connectivity index (χ0n) is 8.95. The summed E-state index contributed by atoms with van der Waals surface area (Å²) in [6.07, 6.45) is 0.960. The van der Waals surface area contributed by atoms with Crippen molar-refractivity contribution in [1.82, 2.24) is 9.97 Å². The Bertz CT molecular complexity index is 498. The van der Waals surface area contributed by atoms with E-state index in [0.717, 1.165) is 6.26 Å². The van der Waals surface area contributed by atoms with Crippen LogP contribution in [0.1, 0.15) is 18.4 Å². The van der Waals surface area contributed by atoms with Crippen molar-refractivity contribution in [1.29, 1.82) is 0 Å². The van der Waals surface area contributed by atoms with Crippen molar-refractivity contribution < 1.29 is 12.6 Å². The van der Waals surface area contributed by atoms with Crippen LogP contribution in [0.2, 0.25) is 15.6 Å². The lowest BCUT2D eigenvalue weighted by atomic mass is 10.1. The molecule has 1 rings (SSSR count). The highest BCUT2D eigenvalue weighted by Gasteiger charge is 2.19. The van der Waals surface area contributed by atoms with Gasteiger partial charge in [0.2, 0.25) is 5.28 Å². The molecule has 17 heavy (non-hydrogen) atoms. The maximum absolute atomic E-state index is 10.9. The maximum Gasteiger partial charge on any atom is 0.264 e. The van der Waals surface area contributed by atoms with Gasteiger partial charge in [0.05, 0.1) is 12.9 Å². The van der Waals surface area contributed by atoms with Crippen LogP contribution >= 0.6 is 34.8 Å².